The van der Waals surface area contributed by atoms with Gasteiger partial charge in [0.15, 0.2) is 0 Å². The molecule has 1 aromatic rings. The molecule has 2 N–H and O–H groups in total. The molecule has 82 valence electrons. The van der Waals surface area contributed by atoms with E-state index in [9.17, 15) is 4.79 Å². The van der Waals surface area contributed by atoms with Crippen LogP contribution in [-0.4, -0.2) is 41.7 Å². The van der Waals surface area contributed by atoms with Gasteiger partial charge in [-0.1, -0.05) is 0 Å². The van der Waals surface area contributed by atoms with Crippen LogP contribution >= 0.6 is 0 Å². The second-order valence-corrected chi connectivity index (χ2v) is 3.30. The number of aryl methyl sites for hydroxylation is 1. The Balaban J connectivity index is 2.84. The van der Waals surface area contributed by atoms with Crippen molar-refractivity contribution in [2.45, 2.75) is 6.92 Å². The highest BCUT2D eigenvalue weighted by atomic mass is 16.4. The molecule has 1 aromatic heterocycles. The van der Waals surface area contributed by atoms with Gasteiger partial charge in [0.05, 0.1) is 0 Å². The number of nitrogens with one attached hydrogen (secondary N) is 1. The predicted octanol–water partition coefficient (Wildman–Crippen LogP) is 0.348. The van der Waals surface area contributed by atoms with Crippen molar-refractivity contribution in [3.05, 3.63) is 11.9 Å². The van der Waals surface area contributed by atoms with Crippen molar-refractivity contribution in [2.24, 2.45) is 0 Å². The fourth-order valence-electron chi connectivity index (χ4n) is 1.04. The Kier molecular flexibility index (Phi) is 3.43. The van der Waals surface area contributed by atoms with Crippen LogP contribution in [0.2, 0.25) is 0 Å². The molecule has 6 heteroatoms. The summed E-state index contributed by atoms with van der Waals surface area (Å²) in [6.45, 7) is 1.61. The van der Waals surface area contributed by atoms with E-state index in [4.69, 9.17) is 5.11 Å². The topological polar surface area (TPSA) is 78.3 Å². The van der Waals surface area contributed by atoms with Gasteiger partial charge in [-0.05, 0) is 6.92 Å². The van der Waals surface area contributed by atoms with E-state index in [0.29, 0.717) is 11.6 Å². The molecule has 1 heterocycles. The number of hydrogen-bond acceptors (Lipinski definition) is 5. The predicted molar refractivity (Wildman–Crippen MR) is 57.2 cm³/mol. The van der Waals surface area contributed by atoms with Crippen LogP contribution in [0.25, 0.3) is 0 Å². The smallest absolute Gasteiger partial charge is 0.322 e. The second-order valence-electron chi connectivity index (χ2n) is 3.30. The van der Waals surface area contributed by atoms with E-state index in [1.807, 2.05) is 19.0 Å². The number of carboxylic acid groups (broad SMARTS) is 1. The highest BCUT2D eigenvalue weighted by Crippen LogP contribution is 2.12. The Morgan fingerprint density at radius 3 is 2.73 bits per heavy atom. The Hall–Kier alpha value is -1.85. The van der Waals surface area contributed by atoms with Crippen LogP contribution in [0.5, 0.6) is 0 Å². The standard InChI is InChI=1S/C9H14N4O2/c1-6-11-7(10-5-9(14)15)4-8(12-6)13(2)3/h4H,5H2,1-3H3,(H,14,15)(H,10,11,12). The fraction of sp³-hybridized carbons (Fsp3) is 0.444. The van der Waals surface area contributed by atoms with Gasteiger partial charge in [-0.2, -0.15) is 0 Å². The fourth-order valence-corrected chi connectivity index (χ4v) is 1.04. The summed E-state index contributed by atoms with van der Waals surface area (Å²) in [5.41, 5.74) is 0. The molecule has 0 bridgehead atoms. The summed E-state index contributed by atoms with van der Waals surface area (Å²) in [5, 5.41) is 11.2. The highest BCUT2D eigenvalue weighted by molar-refractivity contribution is 5.72. The Labute approximate surface area is 88.0 Å². The van der Waals surface area contributed by atoms with Crippen LogP contribution in [0.3, 0.4) is 0 Å². The third-order valence-corrected chi connectivity index (χ3v) is 1.70. The van der Waals surface area contributed by atoms with Gasteiger partial charge in [-0.15, -0.1) is 0 Å². The summed E-state index contributed by atoms with van der Waals surface area (Å²) >= 11 is 0. The van der Waals surface area contributed by atoms with Crippen molar-refractivity contribution >= 4 is 17.6 Å². The quantitative estimate of drug-likeness (QED) is 0.746. The van der Waals surface area contributed by atoms with Gasteiger partial charge in [0.1, 0.15) is 24.0 Å². The molecule has 0 aliphatic carbocycles. The van der Waals surface area contributed by atoms with Crippen molar-refractivity contribution in [3.8, 4) is 0 Å². The number of anilines is 2. The number of carboxylic acids is 1. The minimum Gasteiger partial charge on any atom is -0.480 e. The molecule has 6 nitrogen and oxygen atoms in total. The van der Waals surface area contributed by atoms with Crippen molar-refractivity contribution in [3.63, 3.8) is 0 Å². The molecule has 0 unspecified atom stereocenters. The van der Waals surface area contributed by atoms with Gasteiger partial charge in [0, 0.05) is 20.2 Å². The first-order valence-corrected chi connectivity index (χ1v) is 4.47. The van der Waals surface area contributed by atoms with Crippen molar-refractivity contribution in [2.75, 3.05) is 30.9 Å². The lowest BCUT2D eigenvalue weighted by atomic mass is 10.4. The zero-order valence-corrected chi connectivity index (χ0v) is 8.98. The first-order chi connectivity index (χ1) is 6.99. The SMILES string of the molecule is Cc1nc(NCC(=O)O)cc(N(C)C)n1. The first kappa shape index (κ1) is 11.2. The van der Waals surface area contributed by atoms with E-state index >= 15 is 0 Å². The van der Waals surface area contributed by atoms with E-state index < -0.39 is 5.97 Å². The summed E-state index contributed by atoms with van der Waals surface area (Å²) < 4.78 is 0. The number of rotatable bonds is 4. The molecule has 1 rings (SSSR count). The Bertz CT molecular complexity index is 365. The molecule has 0 spiro atoms. The molecule has 0 fully saturated rings. The zero-order chi connectivity index (χ0) is 11.4. The zero-order valence-electron chi connectivity index (χ0n) is 8.98. The number of hydrogen-bond donors (Lipinski definition) is 2. The van der Waals surface area contributed by atoms with Crippen LogP contribution < -0.4 is 10.2 Å². The van der Waals surface area contributed by atoms with Crippen molar-refractivity contribution in [1.82, 2.24) is 9.97 Å². The van der Waals surface area contributed by atoms with Gasteiger partial charge in [0.2, 0.25) is 0 Å². The normalized spacial score (nSPS) is 9.80. The van der Waals surface area contributed by atoms with E-state index in [0.717, 1.165) is 5.82 Å². The lowest BCUT2D eigenvalue weighted by Gasteiger charge is -2.13. The van der Waals surface area contributed by atoms with Crippen LogP contribution in [0.1, 0.15) is 5.82 Å². The lowest BCUT2D eigenvalue weighted by Crippen LogP contribution is -2.16. The molecule has 0 amide bonds. The van der Waals surface area contributed by atoms with Crippen LogP contribution in [0.4, 0.5) is 11.6 Å². The molecule has 0 atom stereocenters. The molecule has 0 saturated heterocycles. The van der Waals surface area contributed by atoms with E-state index in [1.54, 1.807) is 13.0 Å². The largest absolute Gasteiger partial charge is 0.480 e. The highest BCUT2D eigenvalue weighted by Gasteiger charge is 2.04. The summed E-state index contributed by atoms with van der Waals surface area (Å²) in [6, 6.07) is 1.70. The third kappa shape index (κ3) is 3.41. The monoisotopic (exact) mass is 210 g/mol. The maximum absolute atomic E-state index is 10.4. The summed E-state index contributed by atoms with van der Waals surface area (Å²) in [5.74, 6) is 0.954. The molecular weight excluding hydrogens is 196 g/mol. The summed E-state index contributed by atoms with van der Waals surface area (Å²) in [6.07, 6.45) is 0. The average molecular weight is 210 g/mol. The molecular formula is C9H14N4O2. The maximum atomic E-state index is 10.4. The summed E-state index contributed by atoms with van der Waals surface area (Å²) in [4.78, 5) is 20.5. The number of aliphatic carboxylic acids is 1. The number of carbonyl (C=O) groups is 1. The minimum absolute atomic E-state index is 0.149. The molecule has 0 aliphatic heterocycles. The average Bonchev–Trinajstić information content (AvgIpc) is 2.13. The Morgan fingerprint density at radius 1 is 1.53 bits per heavy atom. The maximum Gasteiger partial charge on any atom is 0.322 e. The molecule has 0 aromatic carbocycles. The van der Waals surface area contributed by atoms with Crippen molar-refractivity contribution in [1.29, 1.82) is 0 Å². The number of nitrogens with zero attached hydrogens (tertiary/aromatic N) is 3. The van der Waals surface area contributed by atoms with E-state index in [-0.39, 0.29) is 6.54 Å². The first-order valence-electron chi connectivity index (χ1n) is 4.47. The van der Waals surface area contributed by atoms with Crippen LogP contribution in [-0.2, 0) is 4.79 Å². The Morgan fingerprint density at radius 2 is 2.20 bits per heavy atom. The van der Waals surface area contributed by atoms with Gasteiger partial charge in [-0.25, -0.2) is 9.97 Å². The third-order valence-electron chi connectivity index (χ3n) is 1.70. The molecule has 0 radical (unpaired) electrons. The van der Waals surface area contributed by atoms with Crippen LogP contribution in [0, 0.1) is 6.92 Å². The van der Waals surface area contributed by atoms with Gasteiger partial charge in [-0.3, -0.25) is 4.79 Å². The van der Waals surface area contributed by atoms with Gasteiger partial charge >= 0.3 is 5.97 Å². The van der Waals surface area contributed by atoms with Gasteiger partial charge in [0.25, 0.3) is 0 Å². The second kappa shape index (κ2) is 4.59. The van der Waals surface area contributed by atoms with Crippen molar-refractivity contribution < 1.29 is 9.90 Å². The molecule has 0 saturated carbocycles. The van der Waals surface area contributed by atoms with Crippen LogP contribution in [0.15, 0.2) is 6.07 Å². The minimum atomic E-state index is -0.919. The van der Waals surface area contributed by atoms with E-state index in [1.165, 1.54) is 0 Å². The molecule has 15 heavy (non-hydrogen) atoms. The van der Waals surface area contributed by atoms with E-state index in [2.05, 4.69) is 15.3 Å². The number of aromatic nitrogens is 2. The van der Waals surface area contributed by atoms with Gasteiger partial charge < -0.3 is 15.3 Å². The summed E-state index contributed by atoms with van der Waals surface area (Å²) in [7, 11) is 3.73. The molecule has 0 aliphatic rings. The lowest BCUT2D eigenvalue weighted by molar-refractivity contribution is -0.134.